The fourth-order valence-corrected chi connectivity index (χ4v) is 3.11. The predicted octanol–water partition coefficient (Wildman–Crippen LogP) is 2.19. The average Bonchev–Trinajstić information content (AvgIpc) is 2.71. The maximum Gasteiger partial charge on any atom is 0.0471 e. The molecular formula is C14H22ClN3. The summed E-state index contributed by atoms with van der Waals surface area (Å²) in [6.07, 6.45) is 0. The molecule has 1 saturated heterocycles. The summed E-state index contributed by atoms with van der Waals surface area (Å²) in [5.41, 5.74) is 8.08. The highest BCUT2D eigenvalue weighted by Crippen LogP contribution is 2.32. The molecule has 3 nitrogen and oxygen atoms in total. The van der Waals surface area contributed by atoms with Crippen molar-refractivity contribution >= 4 is 17.3 Å². The minimum Gasteiger partial charge on any atom is -0.369 e. The summed E-state index contributed by atoms with van der Waals surface area (Å²) in [4.78, 5) is 4.71. The molecule has 100 valence electrons. The molecule has 4 heteroatoms. The van der Waals surface area contributed by atoms with Crippen molar-refractivity contribution in [3.05, 3.63) is 28.8 Å². The number of anilines is 1. The smallest absolute Gasteiger partial charge is 0.0471 e. The Balaban J connectivity index is 2.26. The molecule has 18 heavy (non-hydrogen) atoms. The molecule has 0 aliphatic carbocycles. The molecule has 0 bridgehead atoms. The van der Waals surface area contributed by atoms with Crippen LogP contribution in [0.2, 0.25) is 5.02 Å². The lowest BCUT2D eigenvalue weighted by Gasteiger charge is -2.24. The summed E-state index contributed by atoms with van der Waals surface area (Å²) in [5.74, 6) is 0.657. The molecule has 0 radical (unpaired) electrons. The number of hydrogen-bond donors (Lipinski definition) is 1. The molecule has 2 N–H and O–H groups in total. The van der Waals surface area contributed by atoms with Gasteiger partial charge >= 0.3 is 0 Å². The first-order valence-corrected chi connectivity index (χ1v) is 6.81. The Morgan fingerprint density at radius 1 is 1.39 bits per heavy atom. The third-order valence-electron chi connectivity index (χ3n) is 3.87. The second-order valence-corrected chi connectivity index (χ2v) is 5.76. The van der Waals surface area contributed by atoms with Crippen LogP contribution < -0.4 is 10.6 Å². The SMILES string of the molecule is CC1CN(c2cccc(Cl)c2CN)CC1N(C)C. The molecule has 2 unspecified atom stereocenters. The van der Waals surface area contributed by atoms with E-state index in [1.807, 2.05) is 12.1 Å². The molecule has 0 aromatic heterocycles. The van der Waals surface area contributed by atoms with Crippen molar-refractivity contribution in [2.75, 3.05) is 32.1 Å². The highest BCUT2D eigenvalue weighted by Gasteiger charge is 2.31. The van der Waals surface area contributed by atoms with E-state index in [-0.39, 0.29) is 0 Å². The lowest BCUT2D eigenvalue weighted by atomic mass is 10.1. The first-order chi connectivity index (χ1) is 8.54. The number of hydrogen-bond acceptors (Lipinski definition) is 3. The number of rotatable bonds is 3. The largest absolute Gasteiger partial charge is 0.369 e. The first kappa shape index (κ1) is 13.7. The summed E-state index contributed by atoms with van der Waals surface area (Å²) >= 11 is 6.23. The van der Waals surface area contributed by atoms with Crippen molar-refractivity contribution < 1.29 is 0 Å². The van der Waals surface area contributed by atoms with Gasteiger partial charge in [0.05, 0.1) is 0 Å². The van der Waals surface area contributed by atoms with E-state index in [2.05, 4.69) is 36.9 Å². The molecule has 1 heterocycles. The van der Waals surface area contributed by atoms with Crippen LogP contribution in [0.1, 0.15) is 12.5 Å². The maximum atomic E-state index is 6.23. The topological polar surface area (TPSA) is 32.5 Å². The second-order valence-electron chi connectivity index (χ2n) is 5.35. The van der Waals surface area contributed by atoms with E-state index in [0.29, 0.717) is 18.5 Å². The minimum absolute atomic E-state index is 0.493. The fraction of sp³-hybridized carbons (Fsp3) is 0.571. The highest BCUT2D eigenvalue weighted by atomic mass is 35.5. The Kier molecular flexibility index (Phi) is 4.15. The molecule has 0 saturated carbocycles. The molecule has 1 aromatic carbocycles. The summed E-state index contributed by atoms with van der Waals surface area (Å²) < 4.78 is 0. The van der Waals surface area contributed by atoms with Crippen molar-refractivity contribution in [3.63, 3.8) is 0 Å². The van der Waals surface area contributed by atoms with Gasteiger partial charge in [-0.3, -0.25) is 0 Å². The van der Waals surface area contributed by atoms with E-state index in [9.17, 15) is 0 Å². The monoisotopic (exact) mass is 267 g/mol. The van der Waals surface area contributed by atoms with E-state index < -0.39 is 0 Å². The lowest BCUT2D eigenvalue weighted by Crippen LogP contribution is -2.34. The van der Waals surface area contributed by atoms with Gasteiger partial charge in [-0.25, -0.2) is 0 Å². The molecule has 0 amide bonds. The van der Waals surface area contributed by atoms with Crippen molar-refractivity contribution in [2.45, 2.75) is 19.5 Å². The van der Waals surface area contributed by atoms with Crippen LogP contribution in [-0.2, 0) is 6.54 Å². The summed E-state index contributed by atoms with van der Waals surface area (Å²) in [6.45, 7) is 4.90. The number of halogens is 1. The normalized spacial score (nSPS) is 24.0. The Morgan fingerprint density at radius 3 is 2.67 bits per heavy atom. The van der Waals surface area contributed by atoms with E-state index in [0.717, 1.165) is 23.7 Å². The molecule has 1 fully saturated rings. The number of likely N-dealkylation sites (N-methyl/N-ethyl adjacent to an activating group) is 1. The summed E-state index contributed by atoms with van der Waals surface area (Å²) in [5, 5.41) is 0.774. The minimum atomic E-state index is 0.493. The van der Waals surface area contributed by atoms with E-state index >= 15 is 0 Å². The van der Waals surface area contributed by atoms with E-state index in [1.165, 1.54) is 5.69 Å². The van der Waals surface area contributed by atoms with Crippen LogP contribution in [0, 0.1) is 5.92 Å². The van der Waals surface area contributed by atoms with Gasteiger partial charge in [-0.2, -0.15) is 0 Å². The van der Waals surface area contributed by atoms with E-state index in [1.54, 1.807) is 0 Å². The Morgan fingerprint density at radius 2 is 2.11 bits per heavy atom. The summed E-state index contributed by atoms with van der Waals surface area (Å²) in [7, 11) is 4.29. The van der Waals surface area contributed by atoms with Crippen LogP contribution in [0.3, 0.4) is 0 Å². The van der Waals surface area contributed by atoms with E-state index in [4.69, 9.17) is 17.3 Å². The third kappa shape index (κ3) is 2.48. The zero-order chi connectivity index (χ0) is 13.3. The number of nitrogens with zero attached hydrogens (tertiary/aromatic N) is 2. The lowest BCUT2D eigenvalue weighted by molar-refractivity contribution is 0.266. The molecular weight excluding hydrogens is 246 g/mol. The molecule has 1 aromatic rings. The average molecular weight is 268 g/mol. The van der Waals surface area contributed by atoms with Gasteiger partial charge in [-0.1, -0.05) is 24.6 Å². The van der Waals surface area contributed by atoms with Gasteiger partial charge < -0.3 is 15.5 Å². The van der Waals surface area contributed by atoms with Crippen LogP contribution >= 0.6 is 11.6 Å². The Bertz CT molecular complexity index is 420. The number of nitrogens with two attached hydrogens (primary N) is 1. The Labute approximate surface area is 115 Å². The van der Waals surface area contributed by atoms with Crippen molar-refractivity contribution in [2.24, 2.45) is 11.7 Å². The third-order valence-corrected chi connectivity index (χ3v) is 4.23. The van der Waals surface area contributed by atoms with Gasteiger partial charge in [0.2, 0.25) is 0 Å². The highest BCUT2D eigenvalue weighted by molar-refractivity contribution is 6.31. The quantitative estimate of drug-likeness (QED) is 0.911. The molecule has 1 aliphatic rings. The molecule has 1 aliphatic heterocycles. The van der Waals surface area contributed by atoms with Gasteiger partial charge in [0.1, 0.15) is 0 Å². The molecule has 2 atom stereocenters. The molecule has 0 spiro atoms. The van der Waals surface area contributed by atoms with Gasteiger partial charge in [0, 0.05) is 41.9 Å². The van der Waals surface area contributed by atoms with Gasteiger partial charge in [0.25, 0.3) is 0 Å². The van der Waals surface area contributed by atoms with Gasteiger partial charge in [-0.15, -0.1) is 0 Å². The number of benzene rings is 1. The van der Waals surface area contributed by atoms with Crippen LogP contribution in [-0.4, -0.2) is 38.1 Å². The fourth-order valence-electron chi connectivity index (χ4n) is 2.86. The summed E-state index contributed by atoms with van der Waals surface area (Å²) in [6, 6.07) is 6.63. The Hall–Kier alpha value is -0.770. The predicted molar refractivity (Wildman–Crippen MR) is 78.2 cm³/mol. The van der Waals surface area contributed by atoms with Gasteiger partial charge in [0.15, 0.2) is 0 Å². The zero-order valence-corrected chi connectivity index (χ0v) is 12.1. The molecule has 2 rings (SSSR count). The first-order valence-electron chi connectivity index (χ1n) is 6.43. The van der Waals surface area contributed by atoms with Crippen LogP contribution in [0.15, 0.2) is 18.2 Å². The van der Waals surface area contributed by atoms with Crippen molar-refractivity contribution in [3.8, 4) is 0 Å². The van der Waals surface area contributed by atoms with Crippen LogP contribution in [0.5, 0.6) is 0 Å². The standard InChI is InChI=1S/C14H22ClN3/c1-10-8-18(9-14(10)17(2)3)13-6-4-5-12(15)11(13)7-16/h4-6,10,14H,7-9,16H2,1-3H3. The maximum absolute atomic E-state index is 6.23. The van der Waals surface area contributed by atoms with Crippen LogP contribution in [0.25, 0.3) is 0 Å². The van der Waals surface area contributed by atoms with Gasteiger partial charge in [-0.05, 0) is 32.1 Å². The van der Waals surface area contributed by atoms with Crippen molar-refractivity contribution in [1.29, 1.82) is 0 Å². The van der Waals surface area contributed by atoms with Crippen molar-refractivity contribution in [1.82, 2.24) is 4.90 Å². The van der Waals surface area contributed by atoms with Crippen LogP contribution in [0.4, 0.5) is 5.69 Å². The zero-order valence-electron chi connectivity index (χ0n) is 11.4. The second kappa shape index (κ2) is 5.47.